The van der Waals surface area contributed by atoms with Crippen molar-refractivity contribution in [2.75, 3.05) is 17.2 Å². The van der Waals surface area contributed by atoms with E-state index < -0.39 is 0 Å². The van der Waals surface area contributed by atoms with Gasteiger partial charge in [-0.1, -0.05) is 50.2 Å². The van der Waals surface area contributed by atoms with E-state index in [-0.39, 0.29) is 17.7 Å². The van der Waals surface area contributed by atoms with E-state index in [2.05, 4.69) is 38.7 Å². The second-order valence-electron chi connectivity index (χ2n) is 7.41. The predicted octanol–water partition coefficient (Wildman–Crippen LogP) is 5.92. The van der Waals surface area contributed by atoms with Crippen molar-refractivity contribution in [2.45, 2.75) is 20.3 Å². The number of halogens is 1. The average molecular weight is 481 g/mol. The minimum Gasteiger partial charge on any atom is -0.492 e. The van der Waals surface area contributed by atoms with Crippen molar-refractivity contribution in [2.24, 2.45) is 5.92 Å². The van der Waals surface area contributed by atoms with Crippen molar-refractivity contribution in [3.8, 4) is 5.75 Å². The van der Waals surface area contributed by atoms with Gasteiger partial charge in [0.15, 0.2) is 0 Å². The Labute approximate surface area is 191 Å². The summed E-state index contributed by atoms with van der Waals surface area (Å²) in [5.74, 6) is 0.244. The van der Waals surface area contributed by atoms with Crippen molar-refractivity contribution < 1.29 is 14.3 Å². The lowest BCUT2D eigenvalue weighted by Gasteiger charge is -2.12. The number of rotatable bonds is 8. The van der Waals surface area contributed by atoms with Gasteiger partial charge in [-0.25, -0.2) is 0 Å². The summed E-state index contributed by atoms with van der Waals surface area (Å²) in [5.41, 5.74) is 2.95. The van der Waals surface area contributed by atoms with Crippen LogP contribution in [0.3, 0.4) is 0 Å². The van der Waals surface area contributed by atoms with Crippen LogP contribution in [0.15, 0.2) is 77.3 Å². The molecule has 0 aromatic heterocycles. The molecule has 0 aliphatic rings. The first-order valence-electron chi connectivity index (χ1n) is 10.1. The normalized spacial score (nSPS) is 10.6. The summed E-state index contributed by atoms with van der Waals surface area (Å²) < 4.78 is 6.56. The molecular formula is C25H25BrN2O3. The van der Waals surface area contributed by atoms with Crippen LogP contribution in [0.2, 0.25) is 0 Å². The van der Waals surface area contributed by atoms with E-state index >= 15 is 0 Å². The van der Waals surface area contributed by atoms with E-state index in [9.17, 15) is 9.59 Å². The van der Waals surface area contributed by atoms with Crippen LogP contribution in [0, 0.1) is 5.92 Å². The van der Waals surface area contributed by atoms with Crippen LogP contribution in [0.1, 0.15) is 29.8 Å². The third kappa shape index (κ3) is 6.69. The number of carbonyl (C=O) groups is 2. The molecule has 2 N–H and O–H groups in total. The van der Waals surface area contributed by atoms with Gasteiger partial charge in [0.05, 0.1) is 11.1 Å². The standard InChI is InChI=1S/C25H25BrN2O3/c1-17(2)24(29)27-20-9-6-10-21(16-20)28-25(30)19-11-12-23(22(26)15-19)31-14-13-18-7-4-3-5-8-18/h3-12,15-17H,13-14H2,1-2H3,(H,27,29)(H,28,30). The highest BCUT2D eigenvalue weighted by Crippen LogP contribution is 2.27. The maximum absolute atomic E-state index is 12.7. The minimum absolute atomic E-state index is 0.0738. The summed E-state index contributed by atoms with van der Waals surface area (Å²) in [4.78, 5) is 24.5. The molecule has 31 heavy (non-hydrogen) atoms. The Balaban J connectivity index is 1.59. The fourth-order valence-electron chi connectivity index (χ4n) is 2.85. The number of hydrogen-bond donors (Lipinski definition) is 2. The zero-order valence-corrected chi connectivity index (χ0v) is 19.1. The van der Waals surface area contributed by atoms with Crippen LogP contribution in [-0.2, 0) is 11.2 Å². The maximum Gasteiger partial charge on any atom is 0.255 e. The SMILES string of the molecule is CC(C)C(=O)Nc1cccc(NC(=O)c2ccc(OCCc3ccccc3)c(Br)c2)c1. The summed E-state index contributed by atoms with van der Waals surface area (Å²) in [5, 5.41) is 5.69. The number of nitrogens with one attached hydrogen (secondary N) is 2. The molecule has 3 aromatic carbocycles. The van der Waals surface area contributed by atoms with E-state index in [4.69, 9.17) is 4.74 Å². The van der Waals surface area contributed by atoms with Crippen LogP contribution in [0.25, 0.3) is 0 Å². The summed E-state index contributed by atoms with van der Waals surface area (Å²) in [6.07, 6.45) is 0.805. The fourth-order valence-corrected chi connectivity index (χ4v) is 3.34. The zero-order valence-electron chi connectivity index (χ0n) is 17.5. The Kier molecular flexibility index (Phi) is 7.84. The Bertz CT molecular complexity index is 1050. The average Bonchev–Trinajstić information content (AvgIpc) is 2.75. The lowest BCUT2D eigenvalue weighted by molar-refractivity contribution is -0.118. The molecule has 0 aliphatic heterocycles. The van der Waals surface area contributed by atoms with Gasteiger partial charge in [0.2, 0.25) is 5.91 Å². The Hall–Kier alpha value is -3.12. The molecule has 5 nitrogen and oxygen atoms in total. The molecule has 0 saturated heterocycles. The smallest absolute Gasteiger partial charge is 0.255 e. The summed E-state index contributed by atoms with van der Waals surface area (Å²) in [6.45, 7) is 4.20. The van der Waals surface area contributed by atoms with Crippen LogP contribution in [-0.4, -0.2) is 18.4 Å². The van der Waals surface area contributed by atoms with Gasteiger partial charge < -0.3 is 15.4 Å². The van der Waals surface area contributed by atoms with Gasteiger partial charge in [-0.2, -0.15) is 0 Å². The molecule has 6 heteroatoms. The summed E-state index contributed by atoms with van der Waals surface area (Å²) in [6, 6.07) is 22.4. The molecule has 0 radical (unpaired) electrons. The Morgan fingerprint density at radius 2 is 1.61 bits per heavy atom. The van der Waals surface area contributed by atoms with E-state index in [1.807, 2.05) is 32.0 Å². The molecule has 0 spiro atoms. The highest BCUT2D eigenvalue weighted by atomic mass is 79.9. The highest BCUT2D eigenvalue weighted by Gasteiger charge is 2.11. The maximum atomic E-state index is 12.7. The van der Waals surface area contributed by atoms with E-state index in [0.717, 1.165) is 6.42 Å². The summed E-state index contributed by atoms with van der Waals surface area (Å²) in [7, 11) is 0. The minimum atomic E-state index is -0.246. The molecule has 0 bridgehead atoms. The number of amides is 2. The van der Waals surface area contributed by atoms with Crippen molar-refractivity contribution in [1.82, 2.24) is 0 Å². The zero-order chi connectivity index (χ0) is 22.2. The first-order chi connectivity index (χ1) is 14.9. The monoisotopic (exact) mass is 480 g/mol. The van der Waals surface area contributed by atoms with Gasteiger partial charge in [-0.05, 0) is 57.9 Å². The molecule has 0 atom stereocenters. The van der Waals surface area contributed by atoms with Crippen molar-refractivity contribution >= 4 is 39.1 Å². The molecular weight excluding hydrogens is 456 g/mol. The van der Waals surface area contributed by atoms with Crippen LogP contribution in [0.5, 0.6) is 5.75 Å². The van der Waals surface area contributed by atoms with Crippen molar-refractivity contribution in [1.29, 1.82) is 0 Å². The van der Waals surface area contributed by atoms with E-state index in [0.29, 0.717) is 33.8 Å². The fraction of sp³-hybridized carbons (Fsp3) is 0.200. The van der Waals surface area contributed by atoms with Gasteiger partial charge in [0, 0.05) is 29.3 Å². The van der Waals surface area contributed by atoms with Crippen molar-refractivity contribution in [3.63, 3.8) is 0 Å². The quantitative estimate of drug-likeness (QED) is 0.420. The highest BCUT2D eigenvalue weighted by molar-refractivity contribution is 9.10. The topological polar surface area (TPSA) is 67.4 Å². The second-order valence-corrected chi connectivity index (χ2v) is 8.26. The number of carbonyl (C=O) groups excluding carboxylic acids is 2. The molecule has 3 rings (SSSR count). The molecule has 3 aromatic rings. The first kappa shape index (κ1) is 22.6. The largest absolute Gasteiger partial charge is 0.492 e. The van der Waals surface area contributed by atoms with Gasteiger partial charge in [-0.3, -0.25) is 9.59 Å². The first-order valence-corrected chi connectivity index (χ1v) is 10.9. The molecule has 0 saturated carbocycles. The predicted molar refractivity (Wildman–Crippen MR) is 128 cm³/mol. The molecule has 2 amide bonds. The van der Waals surface area contributed by atoms with Crippen LogP contribution >= 0.6 is 15.9 Å². The molecule has 160 valence electrons. The molecule has 0 unspecified atom stereocenters. The number of anilines is 2. The molecule has 0 aliphatic carbocycles. The number of ether oxygens (including phenoxy) is 1. The summed E-state index contributed by atoms with van der Waals surface area (Å²) >= 11 is 3.49. The van der Waals surface area contributed by atoms with Crippen LogP contribution < -0.4 is 15.4 Å². The number of hydrogen-bond acceptors (Lipinski definition) is 3. The molecule has 0 fully saturated rings. The number of benzene rings is 3. The van der Waals surface area contributed by atoms with Gasteiger partial charge in [0.25, 0.3) is 5.91 Å². The lowest BCUT2D eigenvalue weighted by Crippen LogP contribution is -2.18. The van der Waals surface area contributed by atoms with E-state index in [1.54, 1.807) is 42.5 Å². The van der Waals surface area contributed by atoms with Crippen LogP contribution in [0.4, 0.5) is 11.4 Å². The second kappa shape index (κ2) is 10.8. The Morgan fingerprint density at radius 3 is 2.29 bits per heavy atom. The van der Waals surface area contributed by atoms with Gasteiger partial charge in [-0.15, -0.1) is 0 Å². The van der Waals surface area contributed by atoms with Gasteiger partial charge in [0.1, 0.15) is 5.75 Å². The molecule has 0 heterocycles. The third-order valence-corrected chi connectivity index (χ3v) is 5.22. The lowest BCUT2D eigenvalue weighted by atomic mass is 10.1. The third-order valence-electron chi connectivity index (χ3n) is 4.60. The van der Waals surface area contributed by atoms with Crippen molar-refractivity contribution in [3.05, 3.63) is 88.4 Å². The van der Waals surface area contributed by atoms with Gasteiger partial charge >= 0.3 is 0 Å². The van der Waals surface area contributed by atoms with E-state index in [1.165, 1.54) is 5.56 Å². The Morgan fingerprint density at radius 1 is 0.903 bits per heavy atom.